The van der Waals surface area contributed by atoms with Crippen LogP contribution in [0, 0.1) is 13.8 Å². The monoisotopic (exact) mass is 369 g/mol. The Morgan fingerprint density at radius 3 is 2.62 bits per heavy atom. The number of carboxylic acid groups (broad SMARTS) is 1. The molecule has 1 N–H and O–H groups in total. The number of aromatic nitrogens is 1. The standard InChI is InChI=1S/C20H19NO4S/c1-12-5-4-6-14(9-12)11-25-17-10-15(7-8-16(17)24-3)19-21-13(2)18(26-19)20(22)23/h4-10H,11H2,1-3H3,(H,22,23). The average Bonchev–Trinajstić information content (AvgIpc) is 3.02. The molecule has 26 heavy (non-hydrogen) atoms. The number of aryl methyl sites for hydroxylation is 2. The van der Waals surface area contributed by atoms with Gasteiger partial charge in [-0.1, -0.05) is 29.8 Å². The molecule has 1 heterocycles. The van der Waals surface area contributed by atoms with E-state index in [2.05, 4.69) is 11.1 Å². The molecule has 5 nitrogen and oxygen atoms in total. The van der Waals surface area contributed by atoms with Crippen molar-refractivity contribution in [3.05, 3.63) is 64.2 Å². The van der Waals surface area contributed by atoms with Crippen molar-refractivity contribution in [2.24, 2.45) is 0 Å². The van der Waals surface area contributed by atoms with Crippen LogP contribution in [0.3, 0.4) is 0 Å². The van der Waals surface area contributed by atoms with Gasteiger partial charge in [-0.2, -0.15) is 0 Å². The summed E-state index contributed by atoms with van der Waals surface area (Å²) in [6, 6.07) is 13.6. The number of nitrogens with zero attached hydrogens (tertiary/aromatic N) is 1. The first kappa shape index (κ1) is 17.9. The van der Waals surface area contributed by atoms with Crippen molar-refractivity contribution in [1.82, 2.24) is 4.98 Å². The number of benzene rings is 2. The van der Waals surface area contributed by atoms with Gasteiger partial charge in [0, 0.05) is 5.56 Å². The first-order valence-electron chi connectivity index (χ1n) is 8.05. The van der Waals surface area contributed by atoms with Crippen LogP contribution in [0.5, 0.6) is 11.5 Å². The number of ether oxygens (including phenoxy) is 2. The maximum absolute atomic E-state index is 11.2. The number of thiazole rings is 1. The molecule has 0 aliphatic rings. The highest BCUT2D eigenvalue weighted by Crippen LogP contribution is 2.35. The lowest BCUT2D eigenvalue weighted by Crippen LogP contribution is -1.98. The van der Waals surface area contributed by atoms with E-state index >= 15 is 0 Å². The molecule has 0 saturated carbocycles. The maximum atomic E-state index is 11.2. The third-order valence-corrected chi connectivity index (χ3v) is 5.07. The Morgan fingerprint density at radius 2 is 1.96 bits per heavy atom. The van der Waals surface area contributed by atoms with Crippen LogP contribution in [0.15, 0.2) is 42.5 Å². The number of methoxy groups -OCH3 is 1. The normalized spacial score (nSPS) is 10.6. The van der Waals surface area contributed by atoms with Crippen molar-refractivity contribution in [2.75, 3.05) is 7.11 Å². The molecule has 0 spiro atoms. The van der Waals surface area contributed by atoms with E-state index in [-0.39, 0.29) is 4.88 Å². The summed E-state index contributed by atoms with van der Waals surface area (Å²) in [5.74, 6) is 0.250. The van der Waals surface area contributed by atoms with Crippen molar-refractivity contribution in [2.45, 2.75) is 20.5 Å². The van der Waals surface area contributed by atoms with Gasteiger partial charge < -0.3 is 14.6 Å². The molecule has 0 atom stereocenters. The molecular weight excluding hydrogens is 350 g/mol. The fraction of sp³-hybridized carbons (Fsp3) is 0.200. The highest BCUT2D eigenvalue weighted by molar-refractivity contribution is 7.17. The third-order valence-electron chi connectivity index (χ3n) is 3.88. The van der Waals surface area contributed by atoms with E-state index in [4.69, 9.17) is 9.47 Å². The smallest absolute Gasteiger partial charge is 0.347 e. The molecule has 1 aromatic heterocycles. The number of hydrogen-bond acceptors (Lipinski definition) is 5. The Kier molecular flexibility index (Phi) is 5.23. The molecule has 0 saturated heterocycles. The SMILES string of the molecule is COc1ccc(-c2nc(C)c(C(=O)O)s2)cc1OCc1cccc(C)c1. The zero-order chi connectivity index (χ0) is 18.7. The Morgan fingerprint density at radius 1 is 1.15 bits per heavy atom. The summed E-state index contributed by atoms with van der Waals surface area (Å²) in [6.07, 6.45) is 0. The van der Waals surface area contributed by atoms with Crippen LogP contribution < -0.4 is 9.47 Å². The summed E-state index contributed by atoms with van der Waals surface area (Å²) >= 11 is 1.15. The number of carbonyl (C=O) groups is 1. The molecule has 0 radical (unpaired) electrons. The first-order valence-corrected chi connectivity index (χ1v) is 8.87. The lowest BCUT2D eigenvalue weighted by atomic mass is 10.1. The highest BCUT2D eigenvalue weighted by Gasteiger charge is 2.16. The van der Waals surface area contributed by atoms with Gasteiger partial charge >= 0.3 is 5.97 Å². The molecule has 3 rings (SSSR count). The van der Waals surface area contributed by atoms with Gasteiger partial charge in [0.1, 0.15) is 16.5 Å². The minimum Gasteiger partial charge on any atom is -0.493 e. The Balaban J connectivity index is 1.89. The third kappa shape index (κ3) is 3.86. The molecule has 3 aromatic rings. The molecule has 0 aliphatic heterocycles. The van der Waals surface area contributed by atoms with Crippen LogP contribution in [0.4, 0.5) is 0 Å². The van der Waals surface area contributed by atoms with Crippen molar-refractivity contribution >= 4 is 17.3 Å². The number of rotatable bonds is 6. The average molecular weight is 369 g/mol. The summed E-state index contributed by atoms with van der Waals surface area (Å²) in [5, 5.41) is 9.86. The van der Waals surface area contributed by atoms with Gasteiger partial charge in [0.05, 0.1) is 12.8 Å². The highest BCUT2D eigenvalue weighted by atomic mass is 32.1. The van der Waals surface area contributed by atoms with Gasteiger partial charge in [-0.25, -0.2) is 9.78 Å². The summed E-state index contributed by atoms with van der Waals surface area (Å²) in [7, 11) is 1.59. The summed E-state index contributed by atoms with van der Waals surface area (Å²) in [6.45, 7) is 4.15. The van der Waals surface area contributed by atoms with Gasteiger partial charge in [0.15, 0.2) is 11.5 Å². The van der Waals surface area contributed by atoms with E-state index in [1.54, 1.807) is 20.1 Å². The second-order valence-corrected chi connectivity index (χ2v) is 6.88. The molecule has 134 valence electrons. The minimum atomic E-state index is -0.962. The molecular formula is C20H19NO4S. The summed E-state index contributed by atoms with van der Waals surface area (Å²) in [4.78, 5) is 15.9. The Bertz CT molecular complexity index is 949. The fourth-order valence-corrected chi connectivity index (χ4v) is 3.51. The zero-order valence-corrected chi connectivity index (χ0v) is 15.6. The first-order chi connectivity index (χ1) is 12.5. The fourth-order valence-electron chi connectivity index (χ4n) is 2.60. The van der Waals surface area contributed by atoms with Crippen LogP contribution in [-0.2, 0) is 6.61 Å². The quantitative estimate of drug-likeness (QED) is 0.681. The minimum absolute atomic E-state index is 0.248. The lowest BCUT2D eigenvalue weighted by molar-refractivity contribution is 0.0701. The van der Waals surface area contributed by atoms with Crippen molar-refractivity contribution in [1.29, 1.82) is 0 Å². The summed E-state index contributed by atoms with van der Waals surface area (Å²) in [5.41, 5.74) is 3.54. The topological polar surface area (TPSA) is 68.7 Å². The second-order valence-electron chi connectivity index (χ2n) is 5.88. The predicted octanol–water partition coefficient (Wildman–Crippen LogP) is 4.71. The molecule has 6 heteroatoms. The molecule has 2 aromatic carbocycles. The van der Waals surface area contributed by atoms with Crippen LogP contribution >= 0.6 is 11.3 Å². The number of aromatic carboxylic acids is 1. The Labute approximate surface area is 155 Å². The van der Waals surface area contributed by atoms with Gasteiger partial charge in [-0.3, -0.25) is 0 Å². The molecule has 0 bridgehead atoms. The van der Waals surface area contributed by atoms with Crippen molar-refractivity contribution in [3.8, 4) is 22.1 Å². The molecule has 0 unspecified atom stereocenters. The lowest BCUT2D eigenvalue weighted by Gasteiger charge is -2.12. The van der Waals surface area contributed by atoms with E-state index in [0.717, 1.165) is 22.5 Å². The van der Waals surface area contributed by atoms with E-state index in [1.807, 2.05) is 37.3 Å². The van der Waals surface area contributed by atoms with E-state index in [0.29, 0.717) is 28.8 Å². The van der Waals surface area contributed by atoms with Gasteiger partial charge in [-0.15, -0.1) is 11.3 Å². The van der Waals surface area contributed by atoms with Gasteiger partial charge in [0.2, 0.25) is 0 Å². The predicted molar refractivity (Wildman–Crippen MR) is 101 cm³/mol. The second kappa shape index (κ2) is 7.58. The van der Waals surface area contributed by atoms with E-state index in [1.165, 1.54) is 5.56 Å². The zero-order valence-electron chi connectivity index (χ0n) is 14.8. The van der Waals surface area contributed by atoms with Gasteiger partial charge in [0.25, 0.3) is 0 Å². The van der Waals surface area contributed by atoms with Crippen LogP contribution in [-0.4, -0.2) is 23.2 Å². The van der Waals surface area contributed by atoms with E-state index < -0.39 is 5.97 Å². The van der Waals surface area contributed by atoms with Gasteiger partial charge in [-0.05, 0) is 37.6 Å². The molecule has 0 fully saturated rings. The molecule has 0 amide bonds. The molecule has 0 aliphatic carbocycles. The van der Waals surface area contributed by atoms with Crippen molar-refractivity contribution in [3.63, 3.8) is 0 Å². The van der Waals surface area contributed by atoms with Crippen molar-refractivity contribution < 1.29 is 19.4 Å². The number of carboxylic acids is 1. The van der Waals surface area contributed by atoms with Crippen LogP contribution in [0.1, 0.15) is 26.5 Å². The largest absolute Gasteiger partial charge is 0.493 e. The maximum Gasteiger partial charge on any atom is 0.347 e. The van der Waals surface area contributed by atoms with Crippen LogP contribution in [0.2, 0.25) is 0 Å². The van der Waals surface area contributed by atoms with Crippen LogP contribution in [0.25, 0.3) is 10.6 Å². The number of hydrogen-bond donors (Lipinski definition) is 1. The van der Waals surface area contributed by atoms with E-state index in [9.17, 15) is 9.90 Å². The Hall–Kier alpha value is -2.86. The summed E-state index contributed by atoms with van der Waals surface area (Å²) < 4.78 is 11.3.